The van der Waals surface area contributed by atoms with Crippen LogP contribution >= 0.6 is 11.8 Å². The third-order valence-electron chi connectivity index (χ3n) is 2.06. The maximum Gasteiger partial charge on any atom is 0.231 e. The van der Waals surface area contributed by atoms with Gasteiger partial charge in [0.1, 0.15) is 0 Å². The lowest BCUT2D eigenvalue weighted by Gasteiger charge is -2.10. The Morgan fingerprint density at radius 3 is 2.75 bits per heavy atom. The van der Waals surface area contributed by atoms with E-state index in [-0.39, 0.29) is 11.9 Å². The molecule has 0 radical (unpaired) electrons. The van der Waals surface area contributed by atoms with E-state index in [9.17, 15) is 4.79 Å². The van der Waals surface area contributed by atoms with Crippen LogP contribution < -0.4 is 5.32 Å². The lowest BCUT2D eigenvalue weighted by Crippen LogP contribution is -2.34. The second kappa shape index (κ2) is 6.97. The number of benzene rings is 1. The summed E-state index contributed by atoms with van der Waals surface area (Å²) in [4.78, 5) is 12.6. The molecule has 0 bridgehead atoms. The number of hydrogen-bond donors (Lipinski definition) is 1. The van der Waals surface area contributed by atoms with Crippen molar-refractivity contribution >= 4 is 17.7 Å². The van der Waals surface area contributed by atoms with Crippen molar-refractivity contribution in [3.63, 3.8) is 0 Å². The Bertz CT molecular complexity index is 369. The van der Waals surface area contributed by atoms with Crippen LogP contribution in [0.5, 0.6) is 0 Å². The molecular formula is C13H15NOS. The highest BCUT2D eigenvalue weighted by Gasteiger charge is 2.07. The van der Waals surface area contributed by atoms with Crippen LogP contribution in [0.15, 0.2) is 35.2 Å². The Balaban J connectivity index is 2.34. The standard InChI is InChI=1S/C13H15NOS/c1-3-11(4-2)14-13(15)10-16-12-8-6-5-7-9-12/h1,5-9,11H,4,10H2,2H3,(H,14,15). The fraction of sp³-hybridized carbons (Fsp3) is 0.308. The average Bonchev–Trinajstić information content (AvgIpc) is 2.34. The van der Waals surface area contributed by atoms with Gasteiger partial charge in [0.2, 0.25) is 5.91 Å². The second-order valence-electron chi connectivity index (χ2n) is 3.30. The Labute approximate surface area is 101 Å². The Hall–Kier alpha value is -1.40. The maximum atomic E-state index is 11.5. The summed E-state index contributed by atoms with van der Waals surface area (Å²) in [6, 6.07) is 9.68. The molecular weight excluding hydrogens is 218 g/mol. The smallest absolute Gasteiger partial charge is 0.231 e. The van der Waals surface area contributed by atoms with Gasteiger partial charge in [0.05, 0.1) is 11.8 Å². The molecule has 1 atom stereocenters. The molecule has 0 aliphatic rings. The topological polar surface area (TPSA) is 29.1 Å². The lowest BCUT2D eigenvalue weighted by molar-refractivity contribution is -0.118. The van der Waals surface area contributed by atoms with Gasteiger partial charge in [-0.15, -0.1) is 18.2 Å². The SMILES string of the molecule is C#CC(CC)NC(=O)CSc1ccccc1. The van der Waals surface area contributed by atoms with Gasteiger partial charge in [0.25, 0.3) is 0 Å². The first kappa shape index (κ1) is 12.7. The minimum absolute atomic E-state index is 0.0151. The first-order chi connectivity index (χ1) is 7.76. The summed E-state index contributed by atoms with van der Waals surface area (Å²) in [5.74, 6) is 2.93. The van der Waals surface area contributed by atoms with Gasteiger partial charge in [-0.1, -0.05) is 31.0 Å². The molecule has 0 aromatic heterocycles. The number of carbonyl (C=O) groups excluding carboxylic acids is 1. The fourth-order valence-corrected chi connectivity index (χ4v) is 1.89. The summed E-state index contributed by atoms with van der Waals surface area (Å²) in [6.45, 7) is 1.95. The van der Waals surface area contributed by atoms with Gasteiger partial charge in [-0.2, -0.15) is 0 Å². The number of hydrogen-bond acceptors (Lipinski definition) is 2. The number of carbonyl (C=O) groups is 1. The van der Waals surface area contributed by atoms with Crippen LogP contribution in [0.2, 0.25) is 0 Å². The molecule has 84 valence electrons. The van der Waals surface area contributed by atoms with E-state index in [4.69, 9.17) is 6.42 Å². The van der Waals surface area contributed by atoms with E-state index in [1.54, 1.807) is 0 Å². The van der Waals surface area contributed by atoms with Crippen molar-refractivity contribution in [2.24, 2.45) is 0 Å². The molecule has 1 aromatic carbocycles. The van der Waals surface area contributed by atoms with Crippen molar-refractivity contribution < 1.29 is 4.79 Å². The van der Waals surface area contributed by atoms with Gasteiger partial charge in [0, 0.05) is 4.90 Å². The minimum atomic E-state index is -0.149. The van der Waals surface area contributed by atoms with E-state index in [2.05, 4.69) is 11.2 Å². The largest absolute Gasteiger partial charge is 0.342 e. The number of nitrogens with one attached hydrogen (secondary N) is 1. The Morgan fingerprint density at radius 1 is 1.50 bits per heavy atom. The van der Waals surface area contributed by atoms with Crippen molar-refractivity contribution in [2.45, 2.75) is 24.3 Å². The predicted octanol–water partition coefficient (Wildman–Crippen LogP) is 2.31. The van der Waals surface area contributed by atoms with Crippen LogP contribution in [-0.4, -0.2) is 17.7 Å². The second-order valence-corrected chi connectivity index (χ2v) is 4.35. The normalized spacial score (nSPS) is 11.5. The zero-order valence-corrected chi connectivity index (χ0v) is 10.1. The molecule has 1 rings (SSSR count). The summed E-state index contributed by atoms with van der Waals surface area (Å²) in [6.07, 6.45) is 6.03. The summed E-state index contributed by atoms with van der Waals surface area (Å²) in [5.41, 5.74) is 0. The third kappa shape index (κ3) is 4.41. The van der Waals surface area contributed by atoms with Crippen LogP contribution in [0.3, 0.4) is 0 Å². The molecule has 1 aromatic rings. The molecule has 0 heterocycles. The minimum Gasteiger partial charge on any atom is -0.342 e. The molecule has 0 aliphatic heterocycles. The zero-order valence-electron chi connectivity index (χ0n) is 9.27. The molecule has 1 N–H and O–H groups in total. The van der Waals surface area contributed by atoms with Gasteiger partial charge in [-0.3, -0.25) is 4.79 Å². The van der Waals surface area contributed by atoms with Crippen LogP contribution in [0, 0.1) is 12.3 Å². The van der Waals surface area contributed by atoms with Crippen molar-refractivity contribution in [1.82, 2.24) is 5.32 Å². The van der Waals surface area contributed by atoms with E-state index in [1.807, 2.05) is 37.3 Å². The average molecular weight is 233 g/mol. The van der Waals surface area contributed by atoms with Crippen LogP contribution in [0.25, 0.3) is 0 Å². The van der Waals surface area contributed by atoms with Gasteiger partial charge >= 0.3 is 0 Å². The van der Waals surface area contributed by atoms with Gasteiger partial charge in [0.15, 0.2) is 0 Å². The van der Waals surface area contributed by atoms with Crippen molar-refractivity contribution in [1.29, 1.82) is 0 Å². The summed E-state index contributed by atoms with van der Waals surface area (Å²) in [7, 11) is 0. The predicted molar refractivity (Wildman–Crippen MR) is 68.2 cm³/mol. The van der Waals surface area contributed by atoms with Crippen LogP contribution in [0.1, 0.15) is 13.3 Å². The van der Waals surface area contributed by atoms with Crippen molar-refractivity contribution in [2.75, 3.05) is 5.75 Å². The number of terminal acetylenes is 1. The van der Waals surface area contributed by atoms with Crippen molar-refractivity contribution in [3.8, 4) is 12.3 Å². The molecule has 0 fully saturated rings. The van der Waals surface area contributed by atoms with E-state index >= 15 is 0 Å². The van der Waals surface area contributed by atoms with Crippen LogP contribution in [-0.2, 0) is 4.79 Å². The molecule has 2 nitrogen and oxygen atoms in total. The van der Waals surface area contributed by atoms with Crippen molar-refractivity contribution in [3.05, 3.63) is 30.3 Å². The van der Waals surface area contributed by atoms with Crippen LogP contribution in [0.4, 0.5) is 0 Å². The van der Waals surface area contributed by atoms with E-state index in [0.717, 1.165) is 11.3 Å². The molecule has 1 amide bonds. The lowest BCUT2D eigenvalue weighted by atomic mass is 10.2. The van der Waals surface area contributed by atoms with Gasteiger partial charge in [-0.25, -0.2) is 0 Å². The van der Waals surface area contributed by atoms with E-state index in [0.29, 0.717) is 5.75 Å². The zero-order chi connectivity index (χ0) is 11.8. The Kier molecular flexibility index (Phi) is 5.52. The number of amides is 1. The van der Waals surface area contributed by atoms with Gasteiger partial charge < -0.3 is 5.32 Å². The monoisotopic (exact) mass is 233 g/mol. The summed E-state index contributed by atoms with van der Waals surface area (Å²) >= 11 is 1.51. The number of thioether (sulfide) groups is 1. The highest BCUT2D eigenvalue weighted by atomic mass is 32.2. The summed E-state index contributed by atoms with van der Waals surface area (Å²) in [5, 5.41) is 2.79. The highest BCUT2D eigenvalue weighted by Crippen LogP contribution is 2.16. The molecule has 0 spiro atoms. The molecule has 1 unspecified atom stereocenters. The molecule has 0 saturated heterocycles. The van der Waals surface area contributed by atoms with Gasteiger partial charge in [-0.05, 0) is 18.6 Å². The first-order valence-corrected chi connectivity index (χ1v) is 6.18. The molecule has 0 aliphatic carbocycles. The molecule has 0 saturated carbocycles. The molecule has 3 heteroatoms. The fourth-order valence-electron chi connectivity index (χ4n) is 1.16. The highest BCUT2D eigenvalue weighted by molar-refractivity contribution is 8.00. The third-order valence-corrected chi connectivity index (χ3v) is 3.07. The van der Waals surface area contributed by atoms with E-state index in [1.165, 1.54) is 11.8 Å². The molecule has 16 heavy (non-hydrogen) atoms. The quantitative estimate of drug-likeness (QED) is 0.624. The maximum absolute atomic E-state index is 11.5. The Morgan fingerprint density at radius 2 is 2.19 bits per heavy atom. The number of rotatable bonds is 5. The first-order valence-electron chi connectivity index (χ1n) is 5.19. The summed E-state index contributed by atoms with van der Waals surface area (Å²) < 4.78 is 0. The van der Waals surface area contributed by atoms with E-state index < -0.39 is 0 Å².